The summed E-state index contributed by atoms with van der Waals surface area (Å²) in [5, 5.41) is 10.6. The quantitative estimate of drug-likeness (QED) is 0.663. The number of nitrogens with zero attached hydrogens (tertiary/aromatic N) is 3. The van der Waals surface area contributed by atoms with Crippen LogP contribution >= 0.6 is 22.9 Å². The molecule has 112 valence electrons. The van der Waals surface area contributed by atoms with Gasteiger partial charge in [-0.15, -0.1) is 11.3 Å². The second-order valence-electron chi connectivity index (χ2n) is 4.69. The number of carbonyl (C=O) groups is 1. The van der Waals surface area contributed by atoms with E-state index in [1.807, 2.05) is 24.3 Å². The summed E-state index contributed by atoms with van der Waals surface area (Å²) >= 11 is 7.38. The smallest absolute Gasteiger partial charge is 0.197 e. The Morgan fingerprint density at radius 2 is 1.96 bits per heavy atom. The molecule has 0 N–H and O–H groups in total. The van der Waals surface area contributed by atoms with Gasteiger partial charge in [-0.25, -0.2) is 4.98 Å². The number of nitriles is 1. The molecular formula is C17H10ClN3OS. The molecule has 4 nitrogen and oxygen atoms in total. The Bertz CT molecular complexity index is 886. The number of thiazole rings is 1. The highest BCUT2D eigenvalue weighted by atomic mass is 35.5. The fourth-order valence-corrected chi connectivity index (χ4v) is 3.30. The van der Waals surface area contributed by atoms with Gasteiger partial charge in [-0.2, -0.15) is 5.26 Å². The zero-order chi connectivity index (χ0) is 16.2. The van der Waals surface area contributed by atoms with E-state index in [1.165, 1.54) is 17.5 Å². The van der Waals surface area contributed by atoms with Gasteiger partial charge in [-0.05, 0) is 18.2 Å². The maximum atomic E-state index is 12.6. The zero-order valence-corrected chi connectivity index (χ0v) is 13.4. The summed E-state index contributed by atoms with van der Waals surface area (Å²) in [6.45, 7) is 0. The van der Waals surface area contributed by atoms with Crippen LogP contribution in [0.2, 0.25) is 5.02 Å². The lowest BCUT2D eigenvalue weighted by Crippen LogP contribution is -2.11. The summed E-state index contributed by atoms with van der Waals surface area (Å²) in [6, 6.07) is 14.5. The molecule has 1 atom stereocenters. The first-order chi connectivity index (χ1) is 11.2. The molecule has 0 aliphatic carbocycles. The first kappa shape index (κ1) is 15.3. The third-order valence-electron chi connectivity index (χ3n) is 3.23. The van der Waals surface area contributed by atoms with Gasteiger partial charge in [0.1, 0.15) is 5.01 Å². The van der Waals surface area contributed by atoms with Crippen LogP contribution in [-0.2, 0) is 0 Å². The van der Waals surface area contributed by atoms with E-state index in [2.05, 4.69) is 9.97 Å². The first-order valence-electron chi connectivity index (χ1n) is 6.76. The molecule has 0 spiro atoms. The molecule has 0 saturated heterocycles. The lowest BCUT2D eigenvalue weighted by atomic mass is 10.0. The molecule has 0 bridgehead atoms. The Kier molecular flexibility index (Phi) is 4.47. The molecule has 6 heteroatoms. The zero-order valence-electron chi connectivity index (χ0n) is 11.8. The molecule has 0 fully saturated rings. The Labute approximate surface area is 142 Å². The molecule has 0 aliphatic rings. The number of pyridine rings is 1. The van der Waals surface area contributed by atoms with Gasteiger partial charge in [0.15, 0.2) is 11.7 Å². The minimum Gasteiger partial charge on any atom is -0.291 e. The molecule has 3 rings (SSSR count). The van der Waals surface area contributed by atoms with Crippen molar-refractivity contribution in [2.75, 3.05) is 0 Å². The molecule has 0 amide bonds. The van der Waals surface area contributed by atoms with Crippen LogP contribution in [0.15, 0.2) is 54.9 Å². The van der Waals surface area contributed by atoms with Crippen molar-refractivity contribution in [2.45, 2.75) is 5.92 Å². The SMILES string of the molecule is N#CC(C(=O)c1cnc(-c2ccccc2Cl)s1)c1ccccn1. The number of hydrogen-bond donors (Lipinski definition) is 0. The summed E-state index contributed by atoms with van der Waals surface area (Å²) in [4.78, 5) is 21.4. The highest BCUT2D eigenvalue weighted by Gasteiger charge is 2.25. The van der Waals surface area contributed by atoms with Crippen molar-refractivity contribution >= 4 is 28.7 Å². The Morgan fingerprint density at radius 1 is 1.17 bits per heavy atom. The normalized spacial score (nSPS) is 11.7. The summed E-state index contributed by atoms with van der Waals surface area (Å²) in [5.74, 6) is -1.24. The average Bonchev–Trinajstić information content (AvgIpc) is 3.06. The maximum absolute atomic E-state index is 12.6. The lowest BCUT2D eigenvalue weighted by Gasteiger charge is -2.05. The van der Waals surface area contributed by atoms with Crippen LogP contribution in [0.1, 0.15) is 21.3 Å². The van der Waals surface area contributed by atoms with Gasteiger partial charge in [0, 0.05) is 18.0 Å². The Balaban J connectivity index is 1.93. The van der Waals surface area contributed by atoms with Gasteiger partial charge in [-0.3, -0.25) is 9.78 Å². The van der Waals surface area contributed by atoms with Gasteiger partial charge >= 0.3 is 0 Å². The number of Topliss-reactive ketones (excluding diaryl/α,β-unsaturated/α-hetero) is 1. The number of aromatic nitrogens is 2. The van der Waals surface area contributed by atoms with Crippen LogP contribution in [-0.4, -0.2) is 15.8 Å². The van der Waals surface area contributed by atoms with E-state index < -0.39 is 5.92 Å². The molecule has 0 aliphatic heterocycles. The second-order valence-corrected chi connectivity index (χ2v) is 6.13. The molecule has 2 aromatic heterocycles. The van der Waals surface area contributed by atoms with Gasteiger partial charge in [-0.1, -0.05) is 35.9 Å². The molecular weight excluding hydrogens is 330 g/mol. The molecule has 3 aromatic rings. The number of ketones is 1. The summed E-state index contributed by atoms with van der Waals surface area (Å²) in [6.07, 6.45) is 3.05. The monoisotopic (exact) mass is 339 g/mol. The van der Waals surface area contributed by atoms with Gasteiger partial charge in [0.05, 0.1) is 21.7 Å². The van der Waals surface area contributed by atoms with Gasteiger partial charge in [0.25, 0.3) is 0 Å². The number of hydrogen-bond acceptors (Lipinski definition) is 5. The minimum absolute atomic E-state index is 0.304. The predicted octanol–water partition coefficient (Wildman–Crippen LogP) is 4.35. The van der Waals surface area contributed by atoms with Crippen LogP contribution in [0.25, 0.3) is 10.6 Å². The first-order valence-corrected chi connectivity index (χ1v) is 7.95. The standard InChI is InChI=1S/C17H10ClN3OS/c18-13-6-2-1-5-11(13)17-21-10-15(23-17)16(22)12(9-19)14-7-3-4-8-20-14/h1-8,10,12H. The van der Waals surface area contributed by atoms with E-state index in [1.54, 1.807) is 30.5 Å². The van der Waals surface area contributed by atoms with E-state index in [4.69, 9.17) is 11.6 Å². The second kappa shape index (κ2) is 6.69. The van der Waals surface area contributed by atoms with Crippen molar-refractivity contribution < 1.29 is 4.79 Å². The molecule has 2 heterocycles. The average molecular weight is 340 g/mol. The molecule has 1 aromatic carbocycles. The molecule has 0 radical (unpaired) electrons. The number of benzene rings is 1. The van der Waals surface area contributed by atoms with Crippen molar-refractivity contribution in [1.82, 2.24) is 9.97 Å². The van der Waals surface area contributed by atoms with Crippen molar-refractivity contribution in [3.8, 4) is 16.6 Å². The number of carbonyl (C=O) groups excluding carboxylic acids is 1. The molecule has 1 unspecified atom stereocenters. The van der Waals surface area contributed by atoms with Crippen molar-refractivity contribution in [1.29, 1.82) is 5.26 Å². The van der Waals surface area contributed by atoms with Crippen LogP contribution in [0.5, 0.6) is 0 Å². The third-order valence-corrected chi connectivity index (χ3v) is 4.60. The summed E-state index contributed by atoms with van der Waals surface area (Å²) < 4.78 is 0. The van der Waals surface area contributed by atoms with Crippen molar-refractivity contribution in [3.63, 3.8) is 0 Å². The highest BCUT2D eigenvalue weighted by Crippen LogP contribution is 2.32. The number of rotatable bonds is 4. The van der Waals surface area contributed by atoms with Gasteiger partial charge in [0.2, 0.25) is 0 Å². The fourth-order valence-electron chi connectivity index (χ4n) is 2.10. The number of halogens is 1. The fraction of sp³-hybridized carbons (Fsp3) is 0.0588. The largest absolute Gasteiger partial charge is 0.291 e. The van der Waals surface area contributed by atoms with E-state index >= 15 is 0 Å². The summed E-state index contributed by atoms with van der Waals surface area (Å²) in [7, 11) is 0. The van der Waals surface area contributed by atoms with Crippen LogP contribution in [0.3, 0.4) is 0 Å². The van der Waals surface area contributed by atoms with Crippen molar-refractivity contribution in [3.05, 3.63) is 70.5 Å². The minimum atomic E-state index is -0.934. The van der Waals surface area contributed by atoms with E-state index in [0.29, 0.717) is 20.6 Å². The third kappa shape index (κ3) is 3.14. The maximum Gasteiger partial charge on any atom is 0.197 e. The predicted molar refractivity (Wildman–Crippen MR) is 89.5 cm³/mol. The summed E-state index contributed by atoms with van der Waals surface area (Å²) in [5.41, 5.74) is 1.21. The molecule has 0 saturated carbocycles. The van der Waals surface area contributed by atoms with Crippen LogP contribution in [0.4, 0.5) is 0 Å². The Hall–Kier alpha value is -2.55. The van der Waals surface area contributed by atoms with E-state index in [-0.39, 0.29) is 5.78 Å². The topological polar surface area (TPSA) is 66.6 Å². The van der Waals surface area contributed by atoms with Gasteiger partial charge < -0.3 is 0 Å². The van der Waals surface area contributed by atoms with E-state index in [9.17, 15) is 10.1 Å². The van der Waals surface area contributed by atoms with Crippen LogP contribution in [0, 0.1) is 11.3 Å². The Morgan fingerprint density at radius 3 is 2.65 bits per heavy atom. The molecule has 23 heavy (non-hydrogen) atoms. The van der Waals surface area contributed by atoms with Crippen LogP contribution < -0.4 is 0 Å². The lowest BCUT2D eigenvalue weighted by molar-refractivity contribution is 0.0981. The highest BCUT2D eigenvalue weighted by molar-refractivity contribution is 7.17. The van der Waals surface area contributed by atoms with E-state index in [0.717, 1.165) is 5.56 Å². The van der Waals surface area contributed by atoms with Crippen molar-refractivity contribution in [2.24, 2.45) is 0 Å².